The molecule has 4 heteroatoms. The van der Waals surface area contributed by atoms with Crippen LogP contribution >= 0.6 is 0 Å². The molecule has 0 aliphatic carbocycles. The molecule has 0 amide bonds. The Bertz CT molecular complexity index is 277. The van der Waals surface area contributed by atoms with Gasteiger partial charge in [-0.2, -0.15) is 0 Å². The van der Waals surface area contributed by atoms with Gasteiger partial charge in [0.2, 0.25) is 0 Å². The van der Waals surface area contributed by atoms with Gasteiger partial charge in [0.05, 0.1) is 6.61 Å². The summed E-state index contributed by atoms with van der Waals surface area (Å²) in [6, 6.07) is 1.49. The van der Waals surface area contributed by atoms with Crippen LogP contribution in [0.25, 0.3) is 0 Å². The third kappa shape index (κ3) is 1.40. The Morgan fingerprint density at radius 2 is 2.36 bits per heavy atom. The lowest BCUT2D eigenvalue weighted by Crippen LogP contribution is -1.96. The van der Waals surface area contributed by atoms with Crippen molar-refractivity contribution in [3.05, 3.63) is 23.0 Å². The van der Waals surface area contributed by atoms with Gasteiger partial charge in [-0.3, -0.25) is 0 Å². The molecule has 0 aliphatic rings. The van der Waals surface area contributed by atoms with Crippen molar-refractivity contribution >= 4 is 5.97 Å². The number of aromatic amines is 1. The van der Waals surface area contributed by atoms with E-state index in [4.69, 9.17) is 10.2 Å². The van der Waals surface area contributed by atoms with Crippen LogP contribution in [-0.4, -0.2) is 21.2 Å². The smallest absolute Gasteiger partial charge is 0.352 e. The number of aromatic nitrogens is 1. The molecule has 0 atom stereocenters. The zero-order valence-electron chi connectivity index (χ0n) is 6.09. The van der Waals surface area contributed by atoms with E-state index in [1.54, 1.807) is 6.92 Å². The van der Waals surface area contributed by atoms with Crippen LogP contribution in [-0.2, 0) is 6.61 Å². The third-order valence-corrected chi connectivity index (χ3v) is 1.51. The molecule has 1 heterocycles. The van der Waals surface area contributed by atoms with Gasteiger partial charge in [-0.25, -0.2) is 4.79 Å². The molecule has 0 aliphatic heterocycles. The molecule has 1 aromatic rings. The van der Waals surface area contributed by atoms with Crippen LogP contribution in [0.5, 0.6) is 0 Å². The number of carboxylic acids is 1. The SMILES string of the molecule is Cc1cc(C(=O)O)[nH]c1CO. The molecule has 0 unspecified atom stereocenters. The molecule has 0 spiro atoms. The molecule has 4 nitrogen and oxygen atoms in total. The van der Waals surface area contributed by atoms with Gasteiger partial charge in [0.15, 0.2) is 0 Å². The molecule has 0 saturated heterocycles. The number of aromatic carboxylic acids is 1. The predicted octanol–water partition coefficient (Wildman–Crippen LogP) is 0.514. The standard InChI is InChI=1S/C7H9NO3/c1-4-2-5(7(10)11)8-6(4)3-9/h2,8-9H,3H2,1H3,(H,10,11). The van der Waals surface area contributed by atoms with E-state index in [1.165, 1.54) is 6.07 Å². The highest BCUT2D eigenvalue weighted by Crippen LogP contribution is 2.08. The highest BCUT2D eigenvalue weighted by molar-refractivity contribution is 5.85. The van der Waals surface area contributed by atoms with E-state index in [-0.39, 0.29) is 12.3 Å². The minimum absolute atomic E-state index is 0.117. The summed E-state index contributed by atoms with van der Waals surface area (Å²) in [6.07, 6.45) is 0. The van der Waals surface area contributed by atoms with Crippen molar-refractivity contribution in [3.8, 4) is 0 Å². The minimum atomic E-state index is -1.01. The summed E-state index contributed by atoms with van der Waals surface area (Å²) < 4.78 is 0. The number of rotatable bonds is 2. The molecule has 60 valence electrons. The van der Waals surface area contributed by atoms with E-state index >= 15 is 0 Å². The van der Waals surface area contributed by atoms with Crippen LogP contribution in [0.3, 0.4) is 0 Å². The summed E-state index contributed by atoms with van der Waals surface area (Å²) in [5.74, 6) is -1.01. The summed E-state index contributed by atoms with van der Waals surface area (Å²) in [7, 11) is 0. The summed E-state index contributed by atoms with van der Waals surface area (Å²) in [4.78, 5) is 13.0. The Hall–Kier alpha value is -1.29. The minimum Gasteiger partial charge on any atom is -0.477 e. The first-order valence-corrected chi connectivity index (χ1v) is 3.17. The maximum absolute atomic E-state index is 10.4. The molecule has 0 aromatic carbocycles. The van der Waals surface area contributed by atoms with Crippen molar-refractivity contribution in [2.45, 2.75) is 13.5 Å². The Morgan fingerprint density at radius 3 is 2.64 bits per heavy atom. The molecule has 0 fully saturated rings. The van der Waals surface area contributed by atoms with Crippen molar-refractivity contribution in [1.29, 1.82) is 0 Å². The Labute approximate surface area is 63.5 Å². The van der Waals surface area contributed by atoms with E-state index < -0.39 is 5.97 Å². The molecule has 1 aromatic heterocycles. The van der Waals surface area contributed by atoms with Crippen molar-refractivity contribution in [2.75, 3.05) is 0 Å². The van der Waals surface area contributed by atoms with Crippen LogP contribution in [0.4, 0.5) is 0 Å². The van der Waals surface area contributed by atoms with E-state index in [1.807, 2.05) is 0 Å². The van der Waals surface area contributed by atoms with E-state index in [0.29, 0.717) is 5.69 Å². The number of aliphatic hydroxyl groups is 1. The zero-order chi connectivity index (χ0) is 8.43. The van der Waals surface area contributed by atoms with Gasteiger partial charge in [-0.1, -0.05) is 0 Å². The predicted molar refractivity (Wildman–Crippen MR) is 38.4 cm³/mol. The quantitative estimate of drug-likeness (QED) is 0.582. The normalized spacial score (nSPS) is 10.0. The maximum Gasteiger partial charge on any atom is 0.352 e. The van der Waals surface area contributed by atoms with Gasteiger partial charge >= 0.3 is 5.97 Å². The number of H-pyrrole nitrogens is 1. The number of carboxylic acid groups (broad SMARTS) is 1. The van der Waals surface area contributed by atoms with Crippen molar-refractivity contribution in [2.24, 2.45) is 0 Å². The summed E-state index contributed by atoms with van der Waals surface area (Å²) in [6.45, 7) is 1.59. The second kappa shape index (κ2) is 2.75. The summed E-state index contributed by atoms with van der Waals surface area (Å²) in [5, 5.41) is 17.2. The van der Waals surface area contributed by atoms with Gasteiger partial charge in [-0.05, 0) is 18.6 Å². The fraction of sp³-hybridized carbons (Fsp3) is 0.286. The third-order valence-electron chi connectivity index (χ3n) is 1.51. The molecule has 0 radical (unpaired) electrons. The molecule has 3 N–H and O–H groups in total. The number of aliphatic hydroxyl groups excluding tert-OH is 1. The van der Waals surface area contributed by atoms with Crippen molar-refractivity contribution in [1.82, 2.24) is 4.98 Å². The van der Waals surface area contributed by atoms with Gasteiger partial charge in [0.25, 0.3) is 0 Å². The molecule has 11 heavy (non-hydrogen) atoms. The number of aryl methyl sites for hydroxylation is 1. The van der Waals surface area contributed by atoms with Crippen LogP contribution in [0, 0.1) is 6.92 Å². The van der Waals surface area contributed by atoms with Gasteiger partial charge in [0, 0.05) is 5.69 Å². The van der Waals surface area contributed by atoms with Crippen LogP contribution in [0.15, 0.2) is 6.07 Å². The van der Waals surface area contributed by atoms with E-state index in [0.717, 1.165) is 5.56 Å². The van der Waals surface area contributed by atoms with Gasteiger partial charge in [-0.15, -0.1) is 0 Å². The van der Waals surface area contributed by atoms with Gasteiger partial charge in [0.1, 0.15) is 5.69 Å². The summed E-state index contributed by atoms with van der Waals surface area (Å²) in [5.41, 5.74) is 1.44. The highest BCUT2D eigenvalue weighted by atomic mass is 16.4. The molecular weight excluding hydrogens is 146 g/mol. The summed E-state index contributed by atoms with van der Waals surface area (Å²) >= 11 is 0. The van der Waals surface area contributed by atoms with Crippen LogP contribution < -0.4 is 0 Å². The first-order valence-electron chi connectivity index (χ1n) is 3.17. The lowest BCUT2D eigenvalue weighted by molar-refractivity contribution is 0.0691. The second-order valence-electron chi connectivity index (χ2n) is 2.31. The fourth-order valence-electron chi connectivity index (χ4n) is 0.880. The van der Waals surface area contributed by atoms with E-state index in [9.17, 15) is 4.79 Å². The number of nitrogens with one attached hydrogen (secondary N) is 1. The zero-order valence-corrected chi connectivity index (χ0v) is 6.09. The number of carbonyl (C=O) groups is 1. The average Bonchev–Trinajstić information content (AvgIpc) is 2.31. The second-order valence-corrected chi connectivity index (χ2v) is 2.31. The lowest BCUT2D eigenvalue weighted by Gasteiger charge is -1.89. The number of hydrogen-bond acceptors (Lipinski definition) is 2. The molecular formula is C7H9NO3. The van der Waals surface area contributed by atoms with Crippen LogP contribution in [0.2, 0.25) is 0 Å². The van der Waals surface area contributed by atoms with E-state index in [2.05, 4.69) is 4.98 Å². The molecule has 1 rings (SSSR count). The average molecular weight is 155 g/mol. The topological polar surface area (TPSA) is 73.3 Å². The monoisotopic (exact) mass is 155 g/mol. The molecule has 0 saturated carbocycles. The van der Waals surface area contributed by atoms with Crippen LogP contribution in [0.1, 0.15) is 21.7 Å². The highest BCUT2D eigenvalue weighted by Gasteiger charge is 2.08. The lowest BCUT2D eigenvalue weighted by atomic mass is 10.3. The Morgan fingerprint density at radius 1 is 1.73 bits per heavy atom. The first kappa shape index (κ1) is 7.81. The Kier molecular flexibility index (Phi) is 1.96. The van der Waals surface area contributed by atoms with Crippen molar-refractivity contribution in [3.63, 3.8) is 0 Å². The largest absolute Gasteiger partial charge is 0.477 e. The van der Waals surface area contributed by atoms with Gasteiger partial charge < -0.3 is 15.2 Å². The fourth-order valence-corrected chi connectivity index (χ4v) is 0.880. The maximum atomic E-state index is 10.4. The number of hydrogen-bond donors (Lipinski definition) is 3. The first-order chi connectivity index (χ1) is 5.15. The van der Waals surface area contributed by atoms with Crippen molar-refractivity contribution < 1.29 is 15.0 Å². The Balaban J connectivity index is 3.05. The molecule has 0 bridgehead atoms.